The van der Waals surface area contributed by atoms with Crippen LogP contribution in [-0.4, -0.2) is 37.1 Å². The third-order valence-corrected chi connectivity index (χ3v) is 8.41. The van der Waals surface area contributed by atoms with Crippen molar-refractivity contribution >= 4 is 44.3 Å². The number of aryl methyl sites for hydroxylation is 3. The molecule has 0 unspecified atom stereocenters. The van der Waals surface area contributed by atoms with Crippen LogP contribution in [0, 0.1) is 6.92 Å². The minimum absolute atomic E-state index is 0.0816. The molecule has 3 heterocycles. The molecule has 0 saturated carbocycles. The fourth-order valence-corrected chi connectivity index (χ4v) is 6.24. The average Bonchev–Trinajstić information content (AvgIpc) is 3.39. The zero-order chi connectivity index (χ0) is 24.9. The number of aromatic nitrogens is 6. The standard InChI is InChI=1S/C23H23N7O3S2/c1-5-18-14(2)26-22-24-13-25-30(22)21(18)34-16-8-6-15(7-9-16)27-35(32,33)17-10-11-19-20(12-17)29(4)23(31)28(19)3/h6-13,27H,5H2,1-4H3. The summed E-state index contributed by atoms with van der Waals surface area (Å²) in [5.41, 5.74) is 3.43. The van der Waals surface area contributed by atoms with Crippen molar-refractivity contribution in [2.45, 2.75) is 35.1 Å². The molecule has 1 N–H and O–H groups in total. The molecule has 5 aromatic rings. The van der Waals surface area contributed by atoms with E-state index in [2.05, 4.69) is 26.7 Å². The van der Waals surface area contributed by atoms with E-state index in [-0.39, 0.29) is 10.6 Å². The Bertz CT molecular complexity index is 1750. The number of nitrogens with one attached hydrogen (secondary N) is 1. The maximum atomic E-state index is 13.0. The maximum Gasteiger partial charge on any atom is 0.328 e. The Morgan fingerprint density at radius 2 is 1.74 bits per heavy atom. The first-order valence-electron chi connectivity index (χ1n) is 10.8. The van der Waals surface area contributed by atoms with Crippen LogP contribution >= 0.6 is 11.8 Å². The number of hydrogen-bond donors (Lipinski definition) is 1. The third-order valence-electron chi connectivity index (χ3n) is 5.91. The van der Waals surface area contributed by atoms with Gasteiger partial charge in [-0.1, -0.05) is 18.7 Å². The van der Waals surface area contributed by atoms with Gasteiger partial charge in [0.15, 0.2) is 0 Å². The predicted molar refractivity (Wildman–Crippen MR) is 134 cm³/mol. The summed E-state index contributed by atoms with van der Waals surface area (Å²) in [5.74, 6) is 0.541. The zero-order valence-corrected chi connectivity index (χ0v) is 21.2. The van der Waals surface area contributed by atoms with Crippen LogP contribution in [0.1, 0.15) is 18.2 Å². The lowest BCUT2D eigenvalue weighted by Gasteiger charge is -2.12. The highest BCUT2D eigenvalue weighted by atomic mass is 32.2. The van der Waals surface area contributed by atoms with Crippen LogP contribution in [-0.2, 0) is 30.5 Å². The van der Waals surface area contributed by atoms with Gasteiger partial charge in [0.2, 0.25) is 0 Å². The van der Waals surface area contributed by atoms with Gasteiger partial charge in [-0.15, -0.1) is 0 Å². The summed E-state index contributed by atoms with van der Waals surface area (Å²) in [7, 11) is -0.575. The summed E-state index contributed by atoms with van der Waals surface area (Å²) < 4.78 is 33.3. The van der Waals surface area contributed by atoms with Gasteiger partial charge in [0, 0.05) is 35.9 Å². The van der Waals surface area contributed by atoms with Gasteiger partial charge in [0.1, 0.15) is 11.4 Å². The minimum Gasteiger partial charge on any atom is -0.295 e. The van der Waals surface area contributed by atoms with Gasteiger partial charge in [-0.3, -0.25) is 13.9 Å². The van der Waals surface area contributed by atoms with E-state index in [0.29, 0.717) is 22.5 Å². The molecule has 0 fully saturated rings. The van der Waals surface area contributed by atoms with E-state index >= 15 is 0 Å². The summed E-state index contributed by atoms with van der Waals surface area (Å²) in [6, 6.07) is 11.8. The first-order chi connectivity index (χ1) is 16.7. The summed E-state index contributed by atoms with van der Waals surface area (Å²) in [5, 5.41) is 5.24. The number of nitrogens with zero attached hydrogens (tertiary/aromatic N) is 6. The third kappa shape index (κ3) is 3.98. The highest BCUT2D eigenvalue weighted by Crippen LogP contribution is 2.33. The molecule has 0 spiro atoms. The molecule has 10 nitrogen and oxygen atoms in total. The van der Waals surface area contributed by atoms with Gasteiger partial charge in [-0.25, -0.2) is 18.2 Å². The Hall–Kier alpha value is -3.64. The van der Waals surface area contributed by atoms with E-state index in [4.69, 9.17) is 0 Å². The van der Waals surface area contributed by atoms with E-state index < -0.39 is 10.0 Å². The van der Waals surface area contributed by atoms with Crippen molar-refractivity contribution in [1.82, 2.24) is 28.7 Å². The number of benzene rings is 2. The van der Waals surface area contributed by atoms with Gasteiger partial charge in [-0.2, -0.15) is 14.6 Å². The molecular weight excluding hydrogens is 486 g/mol. The molecule has 0 aliphatic rings. The van der Waals surface area contributed by atoms with Crippen molar-refractivity contribution < 1.29 is 8.42 Å². The molecule has 2 aromatic carbocycles. The minimum atomic E-state index is -3.85. The lowest BCUT2D eigenvalue weighted by atomic mass is 10.2. The van der Waals surface area contributed by atoms with E-state index in [1.807, 2.05) is 19.1 Å². The lowest BCUT2D eigenvalue weighted by molar-refractivity contribution is 0.601. The van der Waals surface area contributed by atoms with Crippen molar-refractivity contribution in [2.75, 3.05) is 4.72 Å². The van der Waals surface area contributed by atoms with E-state index in [0.717, 1.165) is 27.6 Å². The lowest BCUT2D eigenvalue weighted by Crippen LogP contribution is -2.19. The highest BCUT2D eigenvalue weighted by Gasteiger charge is 2.18. The van der Waals surface area contributed by atoms with E-state index in [1.54, 1.807) is 36.8 Å². The first-order valence-corrected chi connectivity index (χ1v) is 13.1. The van der Waals surface area contributed by atoms with Gasteiger partial charge in [-0.05, 0) is 55.8 Å². The molecule has 180 valence electrons. The Morgan fingerprint density at radius 1 is 1.03 bits per heavy atom. The Morgan fingerprint density at radius 3 is 2.46 bits per heavy atom. The summed E-state index contributed by atoms with van der Waals surface area (Å²) in [6.07, 6.45) is 2.28. The molecule has 5 rings (SSSR count). The van der Waals surface area contributed by atoms with Gasteiger partial charge in [0.05, 0.1) is 15.9 Å². The van der Waals surface area contributed by atoms with Crippen molar-refractivity contribution in [3.8, 4) is 0 Å². The number of hydrogen-bond acceptors (Lipinski definition) is 7. The highest BCUT2D eigenvalue weighted by molar-refractivity contribution is 7.99. The average molecular weight is 510 g/mol. The number of imidazole rings is 1. The fourth-order valence-electron chi connectivity index (χ4n) is 4.04. The molecular formula is C23H23N7O3S2. The Kier molecular flexibility index (Phi) is 5.64. The molecule has 0 aliphatic carbocycles. The monoisotopic (exact) mass is 509 g/mol. The van der Waals surface area contributed by atoms with Crippen LogP contribution < -0.4 is 10.4 Å². The quantitative estimate of drug-likeness (QED) is 0.350. The molecule has 0 aliphatic heterocycles. The van der Waals surface area contributed by atoms with Gasteiger partial charge < -0.3 is 0 Å². The Labute approximate surface area is 205 Å². The van der Waals surface area contributed by atoms with Gasteiger partial charge in [0.25, 0.3) is 15.8 Å². The maximum absolute atomic E-state index is 13.0. The second-order valence-electron chi connectivity index (χ2n) is 8.09. The topological polar surface area (TPSA) is 116 Å². The van der Waals surface area contributed by atoms with Crippen LogP contribution in [0.5, 0.6) is 0 Å². The molecule has 0 amide bonds. The SMILES string of the molecule is CCc1c(C)nc2ncnn2c1Sc1ccc(NS(=O)(=O)c2ccc3c(c2)n(C)c(=O)n3C)cc1. The van der Waals surface area contributed by atoms with Crippen molar-refractivity contribution in [1.29, 1.82) is 0 Å². The second-order valence-corrected chi connectivity index (χ2v) is 10.8. The molecule has 0 atom stereocenters. The molecule has 0 saturated heterocycles. The first kappa shape index (κ1) is 23.1. The normalized spacial score (nSPS) is 12.0. The van der Waals surface area contributed by atoms with Gasteiger partial charge >= 0.3 is 5.69 Å². The van der Waals surface area contributed by atoms with Crippen LogP contribution in [0.25, 0.3) is 16.8 Å². The molecule has 0 radical (unpaired) electrons. The fraction of sp³-hybridized carbons (Fsp3) is 0.217. The summed E-state index contributed by atoms with van der Waals surface area (Å²) in [4.78, 5) is 21.9. The Balaban J connectivity index is 1.42. The summed E-state index contributed by atoms with van der Waals surface area (Å²) >= 11 is 1.53. The second kappa shape index (κ2) is 8.54. The number of anilines is 1. The molecule has 0 bridgehead atoms. The van der Waals surface area contributed by atoms with Crippen molar-refractivity contribution in [3.63, 3.8) is 0 Å². The molecule has 12 heteroatoms. The van der Waals surface area contributed by atoms with Crippen molar-refractivity contribution in [2.24, 2.45) is 14.1 Å². The van der Waals surface area contributed by atoms with Crippen molar-refractivity contribution in [3.05, 3.63) is 70.5 Å². The molecule has 3 aromatic heterocycles. The molecule has 35 heavy (non-hydrogen) atoms. The number of fused-ring (bicyclic) bond motifs is 2. The van der Waals surface area contributed by atoms with E-state index in [1.165, 1.54) is 39.4 Å². The predicted octanol–water partition coefficient (Wildman–Crippen LogP) is 3.14. The van der Waals surface area contributed by atoms with Crippen LogP contribution in [0.2, 0.25) is 0 Å². The van der Waals surface area contributed by atoms with Crippen LogP contribution in [0.3, 0.4) is 0 Å². The smallest absolute Gasteiger partial charge is 0.295 e. The number of sulfonamides is 1. The largest absolute Gasteiger partial charge is 0.328 e. The zero-order valence-electron chi connectivity index (χ0n) is 19.6. The number of rotatable bonds is 6. The van der Waals surface area contributed by atoms with E-state index in [9.17, 15) is 13.2 Å². The van der Waals surface area contributed by atoms with Crippen LogP contribution in [0.4, 0.5) is 5.69 Å². The summed E-state index contributed by atoms with van der Waals surface area (Å²) in [6.45, 7) is 4.03. The van der Waals surface area contributed by atoms with Crippen LogP contribution in [0.15, 0.2) is 68.4 Å².